The third-order valence-corrected chi connectivity index (χ3v) is 2.93. The molecule has 1 N–H and O–H groups in total. The number of hydrogen-bond acceptors (Lipinski definition) is 4. The fraction of sp³-hybridized carbons (Fsp3) is 0.176. The van der Waals surface area contributed by atoms with E-state index in [9.17, 15) is 9.59 Å². The van der Waals surface area contributed by atoms with Crippen LogP contribution >= 0.6 is 0 Å². The van der Waals surface area contributed by atoms with Crippen LogP contribution in [0.3, 0.4) is 0 Å². The molecule has 0 bridgehead atoms. The van der Waals surface area contributed by atoms with Gasteiger partial charge in [0.15, 0.2) is 5.75 Å². The van der Waals surface area contributed by atoms with Crippen molar-refractivity contribution in [2.75, 3.05) is 11.9 Å². The van der Waals surface area contributed by atoms with Crippen molar-refractivity contribution in [2.24, 2.45) is 0 Å². The fourth-order valence-electron chi connectivity index (χ4n) is 1.89. The first-order valence-electron chi connectivity index (χ1n) is 6.92. The summed E-state index contributed by atoms with van der Waals surface area (Å²) in [6.07, 6.45) is -0.592. The molecule has 2 rings (SSSR count). The van der Waals surface area contributed by atoms with E-state index in [0.29, 0.717) is 17.0 Å². The molecule has 0 spiro atoms. The SMILES string of the molecule is CCOC(=O)Nc1cccc(C)c1OC(=O)c1ccccc1. The van der Waals surface area contributed by atoms with Crippen molar-refractivity contribution < 1.29 is 19.1 Å². The first kappa shape index (κ1) is 15.6. The molecule has 114 valence electrons. The summed E-state index contributed by atoms with van der Waals surface area (Å²) >= 11 is 0. The zero-order valence-electron chi connectivity index (χ0n) is 12.5. The van der Waals surface area contributed by atoms with Gasteiger partial charge in [-0.05, 0) is 37.6 Å². The van der Waals surface area contributed by atoms with Gasteiger partial charge in [0.2, 0.25) is 0 Å². The topological polar surface area (TPSA) is 64.6 Å². The standard InChI is InChI=1S/C17H17NO4/c1-3-21-17(20)18-14-11-7-8-12(2)15(14)22-16(19)13-9-5-4-6-10-13/h4-11H,3H2,1-2H3,(H,18,20). The van der Waals surface area contributed by atoms with Crippen molar-refractivity contribution in [2.45, 2.75) is 13.8 Å². The fourth-order valence-corrected chi connectivity index (χ4v) is 1.89. The van der Waals surface area contributed by atoms with Crippen LogP contribution in [0.4, 0.5) is 10.5 Å². The van der Waals surface area contributed by atoms with Crippen LogP contribution in [0.15, 0.2) is 48.5 Å². The number of nitrogens with one attached hydrogen (secondary N) is 1. The largest absolute Gasteiger partial charge is 0.450 e. The van der Waals surface area contributed by atoms with E-state index < -0.39 is 12.1 Å². The van der Waals surface area contributed by atoms with Crippen LogP contribution in [-0.2, 0) is 4.74 Å². The minimum Gasteiger partial charge on any atom is -0.450 e. The van der Waals surface area contributed by atoms with Gasteiger partial charge in [0.05, 0.1) is 17.9 Å². The Hall–Kier alpha value is -2.82. The monoisotopic (exact) mass is 299 g/mol. The number of aryl methyl sites for hydroxylation is 1. The maximum absolute atomic E-state index is 12.2. The summed E-state index contributed by atoms with van der Waals surface area (Å²) in [5, 5.41) is 2.57. The highest BCUT2D eigenvalue weighted by Crippen LogP contribution is 2.29. The van der Waals surface area contributed by atoms with Crippen LogP contribution in [-0.4, -0.2) is 18.7 Å². The molecule has 0 fully saturated rings. The van der Waals surface area contributed by atoms with E-state index >= 15 is 0 Å². The summed E-state index contributed by atoms with van der Waals surface area (Å²) in [5.41, 5.74) is 1.56. The van der Waals surface area contributed by atoms with Gasteiger partial charge in [-0.2, -0.15) is 0 Å². The van der Waals surface area contributed by atoms with Gasteiger partial charge in [0, 0.05) is 0 Å². The van der Waals surface area contributed by atoms with Gasteiger partial charge >= 0.3 is 12.1 Å². The van der Waals surface area contributed by atoms with Crippen LogP contribution in [0, 0.1) is 6.92 Å². The van der Waals surface area contributed by atoms with Crippen LogP contribution in [0.5, 0.6) is 5.75 Å². The number of esters is 1. The van der Waals surface area contributed by atoms with Gasteiger partial charge in [0.1, 0.15) is 0 Å². The molecule has 1 amide bonds. The predicted octanol–water partition coefficient (Wildman–Crippen LogP) is 3.78. The number of benzene rings is 2. The molecule has 22 heavy (non-hydrogen) atoms. The number of para-hydroxylation sites is 1. The predicted molar refractivity (Wildman–Crippen MR) is 83.2 cm³/mol. The molecule has 0 radical (unpaired) electrons. The van der Waals surface area contributed by atoms with E-state index in [4.69, 9.17) is 9.47 Å². The van der Waals surface area contributed by atoms with Crippen molar-refractivity contribution in [3.05, 3.63) is 59.7 Å². The van der Waals surface area contributed by atoms with E-state index in [1.807, 2.05) is 6.07 Å². The highest BCUT2D eigenvalue weighted by molar-refractivity contribution is 5.93. The number of amides is 1. The molecule has 2 aromatic carbocycles. The average Bonchev–Trinajstić information content (AvgIpc) is 2.51. The lowest BCUT2D eigenvalue weighted by Gasteiger charge is -2.13. The molecule has 0 aliphatic rings. The lowest BCUT2D eigenvalue weighted by Crippen LogP contribution is -2.16. The summed E-state index contributed by atoms with van der Waals surface area (Å²) < 4.78 is 10.3. The second-order valence-corrected chi connectivity index (χ2v) is 4.55. The van der Waals surface area contributed by atoms with Crippen molar-refractivity contribution in [3.8, 4) is 5.75 Å². The Bertz CT molecular complexity index is 668. The second-order valence-electron chi connectivity index (χ2n) is 4.55. The minimum absolute atomic E-state index is 0.261. The quantitative estimate of drug-likeness (QED) is 0.689. The number of anilines is 1. The molecular weight excluding hydrogens is 282 g/mol. The van der Waals surface area contributed by atoms with E-state index in [-0.39, 0.29) is 6.61 Å². The first-order chi connectivity index (χ1) is 10.6. The van der Waals surface area contributed by atoms with E-state index in [2.05, 4.69) is 5.32 Å². The highest BCUT2D eigenvalue weighted by Gasteiger charge is 2.15. The molecule has 0 aliphatic heterocycles. The van der Waals surface area contributed by atoms with Gasteiger partial charge in [-0.3, -0.25) is 5.32 Å². The summed E-state index contributed by atoms with van der Waals surface area (Å²) in [6, 6.07) is 13.9. The van der Waals surface area contributed by atoms with Crippen LogP contribution in [0.1, 0.15) is 22.8 Å². The number of carbonyl (C=O) groups is 2. The Morgan fingerprint density at radius 2 is 1.77 bits per heavy atom. The minimum atomic E-state index is -0.592. The van der Waals surface area contributed by atoms with Gasteiger partial charge in [-0.15, -0.1) is 0 Å². The summed E-state index contributed by atoms with van der Waals surface area (Å²) in [6.45, 7) is 3.77. The number of ether oxygens (including phenoxy) is 2. The molecule has 0 unspecified atom stereocenters. The normalized spacial score (nSPS) is 9.91. The third-order valence-electron chi connectivity index (χ3n) is 2.93. The zero-order valence-corrected chi connectivity index (χ0v) is 12.5. The number of rotatable bonds is 4. The van der Waals surface area contributed by atoms with E-state index in [1.54, 1.807) is 56.3 Å². The Labute approximate surface area is 128 Å². The highest BCUT2D eigenvalue weighted by atomic mass is 16.6. The molecule has 0 aliphatic carbocycles. The Kier molecular flexibility index (Phi) is 5.14. The molecule has 0 saturated carbocycles. The molecule has 5 heteroatoms. The molecule has 0 saturated heterocycles. The van der Waals surface area contributed by atoms with Crippen molar-refractivity contribution in [1.82, 2.24) is 0 Å². The van der Waals surface area contributed by atoms with Gasteiger partial charge in [0.25, 0.3) is 0 Å². The smallest absolute Gasteiger partial charge is 0.411 e. The van der Waals surface area contributed by atoms with Gasteiger partial charge < -0.3 is 9.47 Å². The number of hydrogen-bond donors (Lipinski definition) is 1. The average molecular weight is 299 g/mol. The van der Waals surface area contributed by atoms with E-state index in [1.165, 1.54) is 0 Å². The Morgan fingerprint density at radius 1 is 1.05 bits per heavy atom. The molecule has 2 aromatic rings. The maximum Gasteiger partial charge on any atom is 0.411 e. The summed E-state index contributed by atoms with van der Waals surface area (Å²) in [4.78, 5) is 23.7. The number of carbonyl (C=O) groups excluding carboxylic acids is 2. The molecule has 0 atom stereocenters. The molecule has 0 aromatic heterocycles. The first-order valence-corrected chi connectivity index (χ1v) is 6.92. The zero-order chi connectivity index (χ0) is 15.9. The van der Waals surface area contributed by atoms with Crippen LogP contribution in [0.25, 0.3) is 0 Å². The molecule has 0 heterocycles. The lowest BCUT2D eigenvalue weighted by molar-refractivity contribution is 0.0734. The summed E-state index contributed by atoms with van der Waals surface area (Å²) in [5.74, 6) is -0.175. The maximum atomic E-state index is 12.2. The van der Waals surface area contributed by atoms with Crippen molar-refractivity contribution in [3.63, 3.8) is 0 Å². The van der Waals surface area contributed by atoms with Crippen molar-refractivity contribution >= 4 is 17.7 Å². The Morgan fingerprint density at radius 3 is 2.45 bits per heavy atom. The summed E-state index contributed by atoms with van der Waals surface area (Å²) in [7, 11) is 0. The van der Waals surface area contributed by atoms with Gasteiger partial charge in [-0.25, -0.2) is 9.59 Å². The third kappa shape index (κ3) is 3.85. The van der Waals surface area contributed by atoms with Gasteiger partial charge in [-0.1, -0.05) is 30.3 Å². The Balaban J connectivity index is 2.23. The van der Waals surface area contributed by atoms with Crippen LogP contribution in [0.2, 0.25) is 0 Å². The van der Waals surface area contributed by atoms with Crippen LogP contribution < -0.4 is 10.1 Å². The van der Waals surface area contributed by atoms with E-state index in [0.717, 1.165) is 5.56 Å². The second kappa shape index (κ2) is 7.26. The molecule has 5 nitrogen and oxygen atoms in total. The lowest BCUT2D eigenvalue weighted by atomic mass is 10.2. The molecular formula is C17H17NO4. The van der Waals surface area contributed by atoms with Crippen molar-refractivity contribution in [1.29, 1.82) is 0 Å².